The second kappa shape index (κ2) is 6.66. The molecule has 2 rings (SSSR count). The number of thioether (sulfide) groups is 1. The number of amides is 1. The molecule has 0 bridgehead atoms. The molecule has 0 aliphatic carbocycles. The van der Waals surface area contributed by atoms with Crippen molar-refractivity contribution < 1.29 is 4.79 Å². The average molecular weight is 305 g/mol. The zero-order valence-electron chi connectivity index (χ0n) is 9.71. The third kappa shape index (κ3) is 3.79. The van der Waals surface area contributed by atoms with E-state index < -0.39 is 0 Å². The molecule has 0 spiro atoms. The van der Waals surface area contributed by atoms with Gasteiger partial charge < -0.3 is 10.6 Å². The predicted octanol–water partition coefficient (Wildman–Crippen LogP) is 2.88. The fourth-order valence-electron chi connectivity index (χ4n) is 1.57. The number of hydrogen-bond donors (Lipinski definition) is 2. The van der Waals surface area contributed by atoms with Gasteiger partial charge in [-0.05, 0) is 36.9 Å². The fourth-order valence-corrected chi connectivity index (χ4v) is 2.86. The van der Waals surface area contributed by atoms with Crippen molar-refractivity contribution in [3.05, 3.63) is 28.2 Å². The van der Waals surface area contributed by atoms with Crippen LogP contribution in [0.1, 0.15) is 0 Å². The highest BCUT2D eigenvalue weighted by atomic mass is 35.5. The number of halogens is 2. The molecule has 1 fully saturated rings. The highest BCUT2D eigenvalue weighted by molar-refractivity contribution is 7.99. The Hall–Kier alpha value is -0.420. The van der Waals surface area contributed by atoms with E-state index in [4.69, 9.17) is 23.2 Å². The van der Waals surface area contributed by atoms with Crippen LogP contribution in [0.2, 0.25) is 10.0 Å². The lowest BCUT2D eigenvalue weighted by molar-refractivity contribution is -0.113. The normalized spacial score (nSPS) is 15.2. The summed E-state index contributed by atoms with van der Waals surface area (Å²) in [6.07, 6.45) is 0. The Morgan fingerprint density at radius 2 is 2.22 bits per heavy atom. The van der Waals surface area contributed by atoms with E-state index in [1.165, 1.54) is 0 Å². The van der Waals surface area contributed by atoms with Crippen LogP contribution in [0.3, 0.4) is 0 Å². The minimum atomic E-state index is -0.0450. The van der Waals surface area contributed by atoms with Crippen molar-refractivity contribution >= 4 is 46.6 Å². The second-order valence-electron chi connectivity index (χ2n) is 4.19. The maximum Gasteiger partial charge on any atom is 0.234 e. The fraction of sp³-hybridized carbons (Fsp3) is 0.417. The molecule has 1 heterocycles. The molecule has 1 aromatic rings. The molecule has 6 heteroatoms. The number of benzene rings is 1. The Morgan fingerprint density at radius 1 is 1.44 bits per heavy atom. The van der Waals surface area contributed by atoms with Crippen LogP contribution in [0.15, 0.2) is 18.2 Å². The van der Waals surface area contributed by atoms with Crippen molar-refractivity contribution in [2.24, 2.45) is 5.92 Å². The van der Waals surface area contributed by atoms with Gasteiger partial charge in [0.25, 0.3) is 0 Å². The standard InChI is InChI=1S/C12H14Cl2N2OS/c13-9-2-1-3-10(12(9)14)16-11(17)7-18-6-8-4-15-5-8/h1-3,8,15H,4-7H2,(H,16,17). The lowest BCUT2D eigenvalue weighted by atomic mass is 10.1. The first kappa shape index (κ1) is 14.0. The number of hydrogen-bond acceptors (Lipinski definition) is 3. The molecule has 98 valence electrons. The molecule has 0 atom stereocenters. The minimum absolute atomic E-state index is 0.0450. The number of carbonyl (C=O) groups excluding carboxylic acids is 1. The first-order chi connectivity index (χ1) is 8.66. The first-order valence-corrected chi connectivity index (χ1v) is 7.60. The molecule has 1 aromatic carbocycles. The van der Waals surface area contributed by atoms with Crippen molar-refractivity contribution in [3.63, 3.8) is 0 Å². The van der Waals surface area contributed by atoms with Gasteiger partial charge >= 0.3 is 0 Å². The highest BCUT2D eigenvalue weighted by Gasteiger charge is 2.17. The lowest BCUT2D eigenvalue weighted by Crippen LogP contribution is -2.43. The van der Waals surface area contributed by atoms with Crippen LogP contribution in [-0.4, -0.2) is 30.5 Å². The van der Waals surface area contributed by atoms with Crippen LogP contribution in [0.5, 0.6) is 0 Å². The SMILES string of the molecule is O=C(CSCC1CNC1)Nc1cccc(Cl)c1Cl. The Labute approximate surface area is 121 Å². The van der Waals surface area contributed by atoms with Crippen LogP contribution < -0.4 is 10.6 Å². The van der Waals surface area contributed by atoms with Gasteiger partial charge in [-0.15, -0.1) is 0 Å². The molecule has 0 saturated carbocycles. The third-order valence-corrected chi connectivity index (χ3v) is 4.67. The Balaban J connectivity index is 1.77. The van der Waals surface area contributed by atoms with Gasteiger partial charge in [0.05, 0.1) is 21.5 Å². The van der Waals surface area contributed by atoms with Crippen LogP contribution in [0.25, 0.3) is 0 Å². The molecule has 1 amide bonds. The van der Waals surface area contributed by atoms with E-state index in [-0.39, 0.29) is 5.91 Å². The van der Waals surface area contributed by atoms with Crippen LogP contribution >= 0.6 is 35.0 Å². The second-order valence-corrected chi connectivity index (χ2v) is 6.00. The van der Waals surface area contributed by atoms with Gasteiger partial charge in [-0.25, -0.2) is 0 Å². The van der Waals surface area contributed by atoms with Gasteiger partial charge in [-0.1, -0.05) is 29.3 Å². The summed E-state index contributed by atoms with van der Waals surface area (Å²) in [4.78, 5) is 11.7. The number of rotatable bonds is 5. The molecule has 0 aromatic heterocycles. The lowest BCUT2D eigenvalue weighted by Gasteiger charge is -2.26. The zero-order chi connectivity index (χ0) is 13.0. The molecule has 0 unspecified atom stereocenters. The van der Waals surface area contributed by atoms with Crippen molar-refractivity contribution in [3.8, 4) is 0 Å². The predicted molar refractivity (Wildman–Crippen MR) is 78.8 cm³/mol. The van der Waals surface area contributed by atoms with Crippen LogP contribution in [0.4, 0.5) is 5.69 Å². The van der Waals surface area contributed by atoms with E-state index in [0.29, 0.717) is 27.4 Å². The first-order valence-electron chi connectivity index (χ1n) is 5.69. The van der Waals surface area contributed by atoms with E-state index in [9.17, 15) is 4.79 Å². The summed E-state index contributed by atoms with van der Waals surface area (Å²) in [7, 11) is 0. The van der Waals surface area contributed by atoms with E-state index in [2.05, 4.69) is 10.6 Å². The molecule has 0 radical (unpaired) electrons. The Kier molecular flexibility index (Phi) is 5.18. The monoisotopic (exact) mass is 304 g/mol. The summed E-state index contributed by atoms with van der Waals surface area (Å²) in [5.41, 5.74) is 0.570. The topological polar surface area (TPSA) is 41.1 Å². The third-order valence-electron chi connectivity index (χ3n) is 2.68. The average Bonchev–Trinajstić information content (AvgIpc) is 2.28. The number of carbonyl (C=O) groups is 1. The summed E-state index contributed by atoms with van der Waals surface area (Å²) in [5.74, 6) is 2.12. The maximum atomic E-state index is 11.7. The molecule has 2 N–H and O–H groups in total. The smallest absolute Gasteiger partial charge is 0.234 e. The summed E-state index contributed by atoms with van der Waals surface area (Å²) < 4.78 is 0. The van der Waals surface area contributed by atoms with Crippen LogP contribution in [0, 0.1) is 5.92 Å². The van der Waals surface area contributed by atoms with E-state index in [1.807, 2.05) is 0 Å². The largest absolute Gasteiger partial charge is 0.324 e. The van der Waals surface area contributed by atoms with E-state index >= 15 is 0 Å². The van der Waals surface area contributed by atoms with E-state index in [1.54, 1.807) is 30.0 Å². The van der Waals surface area contributed by atoms with Gasteiger partial charge in [0.15, 0.2) is 0 Å². The minimum Gasteiger partial charge on any atom is -0.324 e. The maximum absolute atomic E-state index is 11.7. The highest BCUT2D eigenvalue weighted by Crippen LogP contribution is 2.29. The van der Waals surface area contributed by atoms with Crippen molar-refractivity contribution in [2.45, 2.75) is 0 Å². The zero-order valence-corrected chi connectivity index (χ0v) is 12.0. The quantitative estimate of drug-likeness (QED) is 0.879. The molecular weight excluding hydrogens is 291 g/mol. The summed E-state index contributed by atoms with van der Waals surface area (Å²) in [6.45, 7) is 2.13. The van der Waals surface area contributed by atoms with Gasteiger partial charge in [0.1, 0.15) is 0 Å². The molecule has 1 saturated heterocycles. The Morgan fingerprint density at radius 3 is 2.89 bits per heavy atom. The van der Waals surface area contributed by atoms with Gasteiger partial charge in [0, 0.05) is 0 Å². The van der Waals surface area contributed by atoms with Crippen LogP contribution in [-0.2, 0) is 4.79 Å². The molecular formula is C12H14Cl2N2OS. The number of nitrogens with one attached hydrogen (secondary N) is 2. The van der Waals surface area contributed by atoms with Gasteiger partial charge in [-0.2, -0.15) is 11.8 Å². The molecule has 3 nitrogen and oxygen atoms in total. The van der Waals surface area contributed by atoms with Crippen molar-refractivity contribution in [1.82, 2.24) is 5.32 Å². The summed E-state index contributed by atoms with van der Waals surface area (Å²) in [6, 6.07) is 5.20. The summed E-state index contributed by atoms with van der Waals surface area (Å²) in [5, 5.41) is 6.81. The Bertz CT molecular complexity index is 438. The molecule has 18 heavy (non-hydrogen) atoms. The van der Waals surface area contributed by atoms with Gasteiger partial charge in [-0.3, -0.25) is 4.79 Å². The van der Waals surface area contributed by atoms with Crippen molar-refractivity contribution in [2.75, 3.05) is 29.9 Å². The molecule has 1 aliphatic rings. The van der Waals surface area contributed by atoms with Gasteiger partial charge in [0.2, 0.25) is 5.91 Å². The van der Waals surface area contributed by atoms with E-state index in [0.717, 1.165) is 18.8 Å². The summed E-state index contributed by atoms with van der Waals surface area (Å²) >= 11 is 13.5. The molecule has 1 aliphatic heterocycles. The van der Waals surface area contributed by atoms with Crippen molar-refractivity contribution in [1.29, 1.82) is 0 Å². The number of anilines is 1.